The van der Waals surface area contributed by atoms with Crippen LogP contribution in [0.15, 0.2) is 0 Å². The molecule has 13 atom stereocenters. The van der Waals surface area contributed by atoms with E-state index in [2.05, 4.69) is 44.8 Å². The largest absolute Gasteiger partial charge is 0.446 e. The van der Waals surface area contributed by atoms with Crippen LogP contribution in [0.25, 0.3) is 0 Å². The number of hydrogen-bond acceptors (Lipinski definition) is 8. The number of morpholine rings is 1. The Kier molecular flexibility index (Phi) is 8.03. The molecule has 0 bridgehead atoms. The molecule has 7 fully saturated rings. The Balaban J connectivity index is 1.07. The lowest BCUT2D eigenvalue weighted by Crippen LogP contribution is -2.60. The summed E-state index contributed by atoms with van der Waals surface area (Å²) >= 11 is 0. The Hall–Kier alpha value is -0.970. The van der Waals surface area contributed by atoms with E-state index >= 15 is 0 Å². The highest BCUT2D eigenvalue weighted by Crippen LogP contribution is 2.89. The summed E-state index contributed by atoms with van der Waals surface area (Å²) in [7, 11) is 0. The van der Waals surface area contributed by atoms with Crippen molar-refractivity contribution in [2.24, 2.45) is 50.7 Å². The minimum atomic E-state index is -1.26. The second-order valence-corrected chi connectivity index (χ2v) is 18.4. The third-order valence-electron chi connectivity index (χ3n) is 15.9. The van der Waals surface area contributed by atoms with Gasteiger partial charge in [-0.05, 0) is 105 Å². The van der Waals surface area contributed by atoms with Crippen molar-refractivity contribution in [3.05, 3.63) is 0 Å². The highest BCUT2D eigenvalue weighted by molar-refractivity contribution is 5.67. The maximum Gasteiger partial charge on any atom is 0.407 e. The lowest BCUT2D eigenvalue weighted by atomic mass is 9.41. The zero-order chi connectivity index (χ0) is 33.1. The van der Waals surface area contributed by atoms with Gasteiger partial charge in [-0.2, -0.15) is 0 Å². The van der Waals surface area contributed by atoms with Crippen molar-refractivity contribution in [1.82, 2.24) is 10.2 Å². The molecule has 2 heterocycles. The normalized spacial score (nSPS) is 50.2. The average Bonchev–Trinajstić information content (AvgIpc) is 3.63. The smallest absolute Gasteiger partial charge is 0.407 e. The second-order valence-electron chi connectivity index (χ2n) is 18.4. The first-order valence-electron chi connectivity index (χ1n) is 18.5. The van der Waals surface area contributed by atoms with Crippen molar-refractivity contribution in [2.45, 2.75) is 136 Å². The SMILES string of the molecule is C[C@@H]1CC([C@H](O)C(C)(C)O)OC2[C@H]1[C@@]1(C)CCC34CC35CC[C@H](OC(=O)NCCN3CCOCC3)C(C)(C)[C@@H]5CCC4[C@]1(C)[C@H]2O. The zero-order valence-corrected chi connectivity index (χ0v) is 29.5. The number of fused-ring (bicyclic) bond motifs is 4. The van der Waals surface area contributed by atoms with Crippen molar-refractivity contribution < 1.29 is 34.3 Å². The summed E-state index contributed by atoms with van der Waals surface area (Å²) in [6.45, 7) is 19.8. The predicted molar refractivity (Wildman–Crippen MR) is 174 cm³/mol. The van der Waals surface area contributed by atoms with Gasteiger partial charge in [0.1, 0.15) is 12.2 Å². The van der Waals surface area contributed by atoms with E-state index in [1.165, 1.54) is 12.8 Å². The number of amides is 1. The predicted octanol–water partition coefficient (Wildman–Crippen LogP) is 4.36. The fourth-order valence-electron chi connectivity index (χ4n) is 13.5. The Labute approximate surface area is 276 Å². The number of aliphatic hydroxyl groups is 3. The van der Waals surface area contributed by atoms with E-state index in [0.717, 1.165) is 65.0 Å². The molecular formula is C37H62N2O7. The van der Waals surface area contributed by atoms with Gasteiger partial charge in [-0.25, -0.2) is 4.79 Å². The van der Waals surface area contributed by atoms with Gasteiger partial charge in [-0.3, -0.25) is 4.90 Å². The van der Waals surface area contributed by atoms with Gasteiger partial charge in [0.05, 0.1) is 37.1 Å². The fourth-order valence-corrected chi connectivity index (χ4v) is 13.5. The maximum absolute atomic E-state index is 13.0. The molecule has 7 aliphatic rings. The van der Waals surface area contributed by atoms with Gasteiger partial charge in [0, 0.05) is 37.0 Å². The molecule has 2 spiro atoms. The number of nitrogens with zero attached hydrogens (tertiary/aromatic N) is 1. The number of carbonyl (C=O) groups is 1. The molecule has 5 saturated carbocycles. The van der Waals surface area contributed by atoms with Gasteiger partial charge < -0.3 is 34.8 Å². The molecule has 262 valence electrons. The number of hydrogen-bond donors (Lipinski definition) is 4. The Morgan fingerprint density at radius 2 is 1.72 bits per heavy atom. The van der Waals surface area contributed by atoms with Crippen LogP contribution in [0, 0.1) is 50.7 Å². The highest BCUT2D eigenvalue weighted by Gasteiger charge is 2.84. The number of aliphatic hydroxyl groups excluding tert-OH is 2. The summed E-state index contributed by atoms with van der Waals surface area (Å²) in [5, 5.41) is 37.0. The van der Waals surface area contributed by atoms with Gasteiger partial charge in [0.2, 0.25) is 0 Å². The van der Waals surface area contributed by atoms with Crippen molar-refractivity contribution in [3.63, 3.8) is 0 Å². The van der Waals surface area contributed by atoms with Crippen LogP contribution in [0.3, 0.4) is 0 Å². The number of rotatable bonds is 6. The van der Waals surface area contributed by atoms with Crippen LogP contribution >= 0.6 is 0 Å². The Bertz CT molecular complexity index is 1180. The van der Waals surface area contributed by atoms with Crippen molar-refractivity contribution in [2.75, 3.05) is 39.4 Å². The maximum atomic E-state index is 13.0. The van der Waals surface area contributed by atoms with Crippen LogP contribution in [0.1, 0.15) is 99.8 Å². The molecule has 4 N–H and O–H groups in total. The van der Waals surface area contributed by atoms with Crippen LogP contribution in [0.5, 0.6) is 0 Å². The molecule has 46 heavy (non-hydrogen) atoms. The first-order valence-corrected chi connectivity index (χ1v) is 18.5. The van der Waals surface area contributed by atoms with Gasteiger partial charge in [0.25, 0.3) is 0 Å². The van der Waals surface area contributed by atoms with Gasteiger partial charge in [0.15, 0.2) is 0 Å². The summed E-state index contributed by atoms with van der Waals surface area (Å²) < 4.78 is 18.3. The molecule has 0 aromatic heterocycles. The van der Waals surface area contributed by atoms with Crippen LogP contribution in [-0.2, 0) is 14.2 Å². The third kappa shape index (κ3) is 4.57. The first kappa shape index (κ1) is 33.5. The molecule has 9 heteroatoms. The van der Waals surface area contributed by atoms with E-state index in [4.69, 9.17) is 14.2 Å². The fraction of sp³-hybridized carbons (Fsp3) is 0.973. The monoisotopic (exact) mass is 646 g/mol. The van der Waals surface area contributed by atoms with E-state index in [9.17, 15) is 20.1 Å². The van der Waals surface area contributed by atoms with Crippen LogP contribution < -0.4 is 5.32 Å². The van der Waals surface area contributed by atoms with Crippen LogP contribution in [0.4, 0.5) is 4.79 Å². The van der Waals surface area contributed by atoms with E-state index in [-0.39, 0.29) is 57.2 Å². The minimum Gasteiger partial charge on any atom is -0.446 e. The van der Waals surface area contributed by atoms with Crippen molar-refractivity contribution in [1.29, 1.82) is 0 Å². The first-order chi connectivity index (χ1) is 21.5. The zero-order valence-electron chi connectivity index (χ0n) is 29.5. The van der Waals surface area contributed by atoms with Crippen molar-refractivity contribution in [3.8, 4) is 0 Å². The van der Waals surface area contributed by atoms with E-state index in [1.54, 1.807) is 13.8 Å². The molecule has 1 amide bonds. The molecule has 5 unspecified atom stereocenters. The van der Waals surface area contributed by atoms with Crippen LogP contribution in [0.2, 0.25) is 0 Å². The molecule has 0 aromatic carbocycles. The second kappa shape index (κ2) is 11.0. The van der Waals surface area contributed by atoms with Gasteiger partial charge in [-0.15, -0.1) is 0 Å². The summed E-state index contributed by atoms with van der Waals surface area (Å²) in [6.07, 6.45) is 5.58. The Morgan fingerprint density at radius 3 is 2.41 bits per heavy atom. The molecule has 7 rings (SSSR count). The standard InChI is InChI=1S/C37H62N2O7/c1-22-20-23(29(40)33(4,5)43)45-28-27(22)34(6)12-13-37-21-36(37)11-10-26(46-31(42)38-14-15-39-16-18-44-19-17-39)32(2,3)24(36)8-9-25(37)35(34,7)30(28)41/h22-30,40-41,43H,8-21H2,1-7H3,(H,38,42)/t22-,23?,24+,25?,26+,27+,28?,29+,30+,34-,35-,36?,37?/m1/s1. The molecule has 9 nitrogen and oxygen atoms in total. The Morgan fingerprint density at radius 1 is 1.04 bits per heavy atom. The highest BCUT2D eigenvalue weighted by atomic mass is 16.6. The molecule has 0 radical (unpaired) electrons. The van der Waals surface area contributed by atoms with E-state index < -0.39 is 23.9 Å². The number of nitrogens with one attached hydrogen (secondary N) is 1. The summed E-state index contributed by atoms with van der Waals surface area (Å²) in [6, 6.07) is 0. The van der Waals surface area contributed by atoms with Gasteiger partial charge >= 0.3 is 6.09 Å². The quantitative estimate of drug-likeness (QED) is 0.336. The number of ether oxygens (including phenoxy) is 3. The minimum absolute atomic E-state index is 0.0527. The number of alkyl carbamates (subject to hydrolysis) is 1. The van der Waals surface area contributed by atoms with Crippen LogP contribution in [-0.4, -0.2) is 102 Å². The molecular weight excluding hydrogens is 584 g/mol. The summed E-state index contributed by atoms with van der Waals surface area (Å²) in [5.74, 6) is 1.42. The van der Waals surface area contributed by atoms with E-state index in [1.807, 2.05) is 0 Å². The summed E-state index contributed by atoms with van der Waals surface area (Å²) in [4.78, 5) is 15.3. The molecule has 2 aliphatic heterocycles. The molecule has 2 saturated heterocycles. The molecule has 0 aromatic rings. The topological polar surface area (TPSA) is 121 Å². The lowest BCUT2D eigenvalue weighted by molar-refractivity contribution is -0.202. The number of carbonyl (C=O) groups excluding carboxylic acids is 1. The van der Waals surface area contributed by atoms with E-state index in [0.29, 0.717) is 24.8 Å². The average molecular weight is 647 g/mol. The van der Waals surface area contributed by atoms with Crippen molar-refractivity contribution >= 4 is 6.09 Å². The lowest BCUT2D eigenvalue weighted by Gasteiger charge is -2.63. The third-order valence-corrected chi connectivity index (χ3v) is 15.9. The molecule has 5 aliphatic carbocycles. The van der Waals surface area contributed by atoms with Gasteiger partial charge in [-0.1, -0.05) is 34.6 Å². The summed E-state index contributed by atoms with van der Waals surface area (Å²) in [5.41, 5.74) is -1.25.